The van der Waals surface area contributed by atoms with Crippen molar-refractivity contribution >= 4 is 5.91 Å². The van der Waals surface area contributed by atoms with Gasteiger partial charge in [-0.3, -0.25) is 4.79 Å². The number of ether oxygens (including phenoxy) is 2. The van der Waals surface area contributed by atoms with Gasteiger partial charge in [0.25, 0.3) is 5.91 Å². The van der Waals surface area contributed by atoms with Crippen molar-refractivity contribution in [3.63, 3.8) is 0 Å². The van der Waals surface area contributed by atoms with E-state index in [1.54, 1.807) is 0 Å². The number of rotatable bonds is 6. The van der Waals surface area contributed by atoms with Crippen LogP contribution in [0.25, 0.3) is 0 Å². The molecule has 2 atom stereocenters. The number of fused-ring (bicyclic) bond motifs is 2. The van der Waals surface area contributed by atoms with E-state index in [9.17, 15) is 4.79 Å². The van der Waals surface area contributed by atoms with Crippen molar-refractivity contribution in [3.05, 3.63) is 22.8 Å². The maximum Gasteiger partial charge on any atom is 0.251 e. The Morgan fingerprint density at radius 3 is 2.80 bits per heavy atom. The third kappa shape index (κ3) is 3.47. The lowest BCUT2D eigenvalue weighted by atomic mass is 9.95. The molecule has 0 aliphatic carbocycles. The Morgan fingerprint density at radius 1 is 1.36 bits per heavy atom. The maximum atomic E-state index is 12.2. The Kier molecular flexibility index (Phi) is 4.96. The molecule has 1 N–H and O–H groups in total. The first kappa shape index (κ1) is 18.1. The average Bonchev–Trinajstić information content (AvgIpc) is 2.88. The molecule has 0 radical (unpaired) electrons. The van der Waals surface area contributed by atoms with Gasteiger partial charge in [-0.15, -0.1) is 0 Å². The third-order valence-electron chi connectivity index (χ3n) is 5.49. The minimum absolute atomic E-state index is 0.00414. The first-order valence-electron chi connectivity index (χ1n) is 9.33. The van der Waals surface area contributed by atoms with Gasteiger partial charge in [-0.2, -0.15) is 0 Å². The first-order valence-corrected chi connectivity index (χ1v) is 9.33. The van der Waals surface area contributed by atoms with E-state index in [2.05, 4.69) is 31.2 Å². The van der Waals surface area contributed by atoms with Crippen LogP contribution in [0.2, 0.25) is 0 Å². The van der Waals surface area contributed by atoms with E-state index >= 15 is 0 Å². The SMILES string of the molecule is CCC(CCCC1(C)Oc2cc3c(c(C)c2O1)C(=O)NCC3)N(C)C. The largest absolute Gasteiger partial charge is 0.449 e. The second-order valence-corrected chi connectivity index (χ2v) is 7.62. The molecule has 0 saturated heterocycles. The smallest absolute Gasteiger partial charge is 0.251 e. The summed E-state index contributed by atoms with van der Waals surface area (Å²) in [6.45, 7) is 6.87. The Balaban J connectivity index is 1.72. The molecular weight excluding hydrogens is 316 g/mol. The van der Waals surface area contributed by atoms with E-state index in [1.165, 1.54) is 0 Å². The summed E-state index contributed by atoms with van der Waals surface area (Å²) in [6, 6.07) is 2.58. The molecule has 2 unspecified atom stereocenters. The second kappa shape index (κ2) is 6.87. The summed E-state index contributed by atoms with van der Waals surface area (Å²) in [5.41, 5.74) is 2.72. The molecule has 0 saturated carbocycles. The molecule has 2 aliphatic heterocycles. The van der Waals surface area contributed by atoms with E-state index < -0.39 is 5.79 Å². The molecule has 0 aromatic heterocycles. The van der Waals surface area contributed by atoms with Gasteiger partial charge in [-0.05, 0) is 58.3 Å². The molecule has 138 valence electrons. The highest BCUT2D eigenvalue weighted by atomic mass is 16.7. The topological polar surface area (TPSA) is 50.8 Å². The molecule has 5 heteroatoms. The summed E-state index contributed by atoms with van der Waals surface area (Å²) in [5.74, 6) is 0.875. The summed E-state index contributed by atoms with van der Waals surface area (Å²) >= 11 is 0. The van der Waals surface area contributed by atoms with Crippen LogP contribution < -0.4 is 14.8 Å². The minimum atomic E-state index is -0.641. The van der Waals surface area contributed by atoms with E-state index in [4.69, 9.17) is 9.47 Å². The van der Waals surface area contributed by atoms with Crippen LogP contribution in [0.15, 0.2) is 6.07 Å². The zero-order chi connectivity index (χ0) is 18.2. The molecular formula is C20H30N2O3. The van der Waals surface area contributed by atoms with E-state index in [0.29, 0.717) is 12.6 Å². The number of benzene rings is 1. The number of amides is 1. The monoisotopic (exact) mass is 346 g/mol. The highest BCUT2D eigenvalue weighted by Crippen LogP contribution is 2.46. The lowest BCUT2D eigenvalue weighted by molar-refractivity contribution is -0.0706. The molecule has 3 rings (SSSR count). The van der Waals surface area contributed by atoms with Crippen molar-refractivity contribution in [2.75, 3.05) is 20.6 Å². The molecule has 0 bridgehead atoms. The van der Waals surface area contributed by atoms with Crippen LogP contribution in [0.3, 0.4) is 0 Å². The minimum Gasteiger partial charge on any atom is -0.449 e. The molecule has 1 aromatic carbocycles. The third-order valence-corrected chi connectivity index (χ3v) is 5.49. The fraction of sp³-hybridized carbons (Fsp3) is 0.650. The van der Waals surface area contributed by atoms with E-state index in [1.807, 2.05) is 19.9 Å². The zero-order valence-corrected chi connectivity index (χ0v) is 16.1. The van der Waals surface area contributed by atoms with Crippen molar-refractivity contribution in [1.29, 1.82) is 0 Å². The van der Waals surface area contributed by atoms with Crippen LogP contribution in [0.1, 0.15) is 61.0 Å². The van der Waals surface area contributed by atoms with Gasteiger partial charge in [0.05, 0.1) is 0 Å². The Bertz CT molecular complexity index is 671. The van der Waals surface area contributed by atoms with Gasteiger partial charge in [0, 0.05) is 37.1 Å². The van der Waals surface area contributed by atoms with Crippen LogP contribution >= 0.6 is 0 Å². The number of carbonyl (C=O) groups is 1. The number of nitrogens with one attached hydrogen (secondary N) is 1. The van der Waals surface area contributed by atoms with Gasteiger partial charge >= 0.3 is 0 Å². The number of nitrogens with zero attached hydrogens (tertiary/aromatic N) is 1. The van der Waals surface area contributed by atoms with E-state index in [-0.39, 0.29) is 5.91 Å². The average molecular weight is 346 g/mol. The van der Waals surface area contributed by atoms with Crippen LogP contribution in [0, 0.1) is 6.92 Å². The second-order valence-electron chi connectivity index (χ2n) is 7.62. The Labute approximate surface area is 150 Å². The lowest BCUT2D eigenvalue weighted by Crippen LogP contribution is -2.35. The van der Waals surface area contributed by atoms with E-state index in [0.717, 1.165) is 60.3 Å². The predicted octanol–water partition coefficient (Wildman–Crippen LogP) is 3.28. The summed E-state index contributed by atoms with van der Waals surface area (Å²) < 4.78 is 12.4. The van der Waals surface area contributed by atoms with Crippen LogP contribution in [-0.2, 0) is 6.42 Å². The molecule has 2 heterocycles. The fourth-order valence-corrected chi connectivity index (χ4v) is 4.01. The molecule has 5 nitrogen and oxygen atoms in total. The van der Waals surface area contributed by atoms with Crippen LogP contribution in [-0.4, -0.2) is 43.3 Å². The van der Waals surface area contributed by atoms with Crippen LogP contribution in [0.4, 0.5) is 0 Å². The summed E-state index contributed by atoms with van der Waals surface area (Å²) in [6.07, 6.45) is 4.99. The first-order chi connectivity index (χ1) is 11.8. The van der Waals surface area contributed by atoms with Gasteiger partial charge in [0.1, 0.15) is 0 Å². The van der Waals surface area contributed by atoms with Crippen molar-refractivity contribution < 1.29 is 14.3 Å². The summed E-state index contributed by atoms with van der Waals surface area (Å²) in [7, 11) is 4.26. The van der Waals surface area contributed by atoms with Gasteiger partial charge in [-0.1, -0.05) is 6.92 Å². The van der Waals surface area contributed by atoms with Crippen LogP contribution in [0.5, 0.6) is 11.5 Å². The number of hydrogen-bond donors (Lipinski definition) is 1. The predicted molar refractivity (Wildman–Crippen MR) is 98.5 cm³/mol. The van der Waals surface area contributed by atoms with Gasteiger partial charge in [-0.25, -0.2) is 0 Å². The molecule has 1 aromatic rings. The molecule has 2 aliphatic rings. The van der Waals surface area contributed by atoms with Crippen molar-refractivity contribution in [2.45, 2.75) is 64.7 Å². The summed E-state index contributed by atoms with van der Waals surface area (Å²) in [4.78, 5) is 14.5. The van der Waals surface area contributed by atoms with Crippen molar-refractivity contribution in [1.82, 2.24) is 10.2 Å². The Hall–Kier alpha value is -1.75. The summed E-state index contributed by atoms with van der Waals surface area (Å²) in [5, 5.41) is 2.91. The van der Waals surface area contributed by atoms with Gasteiger partial charge in [0.2, 0.25) is 5.79 Å². The van der Waals surface area contributed by atoms with Crippen molar-refractivity contribution in [3.8, 4) is 11.5 Å². The van der Waals surface area contributed by atoms with Gasteiger partial charge < -0.3 is 19.7 Å². The highest BCUT2D eigenvalue weighted by molar-refractivity contribution is 5.99. The molecule has 25 heavy (non-hydrogen) atoms. The highest BCUT2D eigenvalue weighted by Gasteiger charge is 2.39. The normalized spacial score (nSPS) is 22.7. The molecule has 0 fully saturated rings. The fourth-order valence-electron chi connectivity index (χ4n) is 4.01. The number of hydrogen-bond acceptors (Lipinski definition) is 4. The zero-order valence-electron chi connectivity index (χ0n) is 16.1. The molecule has 0 spiro atoms. The number of carbonyl (C=O) groups excluding carboxylic acids is 1. The lowest BCUT2D eigenvalue weighted by Gasteiger charge is -2.26. The quantitative estimate of drug-likeness (QED) is 0.859. The Morgan fingerprint density at radius 2 is 2.12 bits per heavy atom. The maximum absolute atomic E-state index is 12.2. The standard InChI is InChI=1S/C20H30N2O3/c1-6-15(22(4)5)8-7-10-20(3)24-16-12-14-9-11-21-19(23)17(14)13(2)18(16)25-20/h12,15H,6-11H2,1-5H3,(H,21,23). The van der Waals surface area contributed by atoms with Gasteiger partial charge in [0.15, 0.2) is 11.5 Å². The van der Waals surface area contributed by atoms with Crippen molar-refractivity contribution in [2.24, 2.45) is 0 Å². The molecule has 1 amide bonds.